The molecule has 2 N–H and O–H groups in total. The molecule has 0 bridgehead atoms. The quantitative estimate of drug-likeness (QED) is 0.262. The number of pyridine rings is 1. The van der Waals surface area contributed by atoms with Gasteiger partial charge >= 0.3 is 6.36 Å². The molecular formula is C31H35F3N6O2. The lowest BCUT2D eigenvalue weighted by atomic mass is 10.1. The summed E-state index contributed by atoms with van der Waals surface area (Å²) in [5, 5.41) is 6.63. The smallest absolute Gasteiger partial charge is 0.406 e. The third-order valence-electron chi connectivity index (χ3n) is 7.54. The number of imidazole rings is 1. The highest BCUT2D eigenvalue weighted by Crippen LogP contribution is 2.25. The number of carbonyl (C=O) groups excluding carboxylic acids is 1. The van der Waals surface area contributed by atoms with E-state index in [2.05, 4.69) is 61.4 Å². The molecule has 42 heavy (non-hydrogen) atoms. The highest BCUT2D eigenvalue weighted by Gasteiger charge is 2.31. The number of rotatable bonds is 10. The molecule has 1 amide bonds. The van der Waals surface area contributed by atoms with Crippen LogP contribution in [0, 0.1) is 0 Å². The number of fused-ring (bicyclic) bond motifs is 1. The molecule has 2 aromatic carbocycles. The molecule has 8 nitrogen and oxygen atoms in total. The molecular weight excluding hydrogens is 545 g/mol. The third-order valence-corrected chi connectivity index (χ3v) is 7.54. The van der Waals surface area contributed by atoms with Gasteiger partial charge in [0.25, 0.3) is 0 Å². The van der Waals surface area contributed by atoms with Gasteiger partial charge in [-0.3, -0.25) is 4.79 Å². The second-order valence-electron chi connectivity index (χ2n) is 10.5. The van der Waals surface area contributed by atoms with Crippen molar-refractivity contribution in [2.45, 2.75) is 58.1 Å². The number of piperazine rings is 1. The minimum absolute atomic E-state index is 0.0975. The van der Waals surface area contributed by atoms with Crippen molar-refractivity contribution in [1.82, 2.24) is 25.2 Å². The average Bonchev–Trinajstić information content (AvgIpc) is 3.33. The minimum Gasteiger partial charge on any atom is -0.406 e. The maximum Gasteiger partial charge on any atom is 0.573 e. The molecule has 2 atom stereocenters. The van der Waals surface area contributed by atoms with Gasteiger partial charge in [-0.15, -0.1) is 13.2 Å². The predicted molar refractivity (Wildman–Crippen MR) is 155 cm³/mol. The molecule has 222 valence electrons. The number of ether oxygens (including phenoxy) is 1. The summed E-state index contributed by atoms with van der Waals surface area (Å²) in [5.74, 6) is 0.294. The van der Waals surface area contributed by atoms with Gasteiger partial charge in [0.1, 0.15) is 17.1 Å². The maximum absolute atomic E-state index is 12.9. The van der Waals surface area contributed by atoms with Crippen LogP contribution < -0.4 is 20.3 Å². The summed E-state index contributed by atoms with van der Waals surface area (Å²) >= 11 is 0. The van der Waals surface area contributed by atoms with Crippen molar-refractivity contribution in [3.8, 4) is 5.75 Å². The zero-order chi connectivity index (χ0) is 29.7. The Morgan fingerprint density at radius 3 is 2.62 bits per heavy atom. The van der Waals surface area contributed by atoms with E-state index in [0.717, 1.165) is 37.2 Å². The molecule has 0 unspecified atom stereocenters. The number of carbonyl (C=O) groups is 1. The van der Waals surface area contributed by atoms with E-state index in [9.17, 15) is 18.0 Å². The molecule has 11 heteroatoms. The lowest BCUT2D eigenvalue weighted by Crippen LogP contribution is -2.50. The van der Waals surface area contributed by atoms with Gasteiger partial charge in [0.05, 0.1) is 12.6 Å². The van der Waals surface area contributed by atoms with E-state index in [-0.39, 0.29) is 24.1 Å². The Kier molecular flexibility index (Phi) is 8.96. The number of nitrogens with zero attached hydrogens (tertiary/aromatic N) is 4. The maximum atomic E-state index is 12.9. The Bertz CT molecular complexity index is 1490. The first-order valence-electron chi connectivity index (χ1n) is 14.2. The number of hydrogen-bond donors (Lipinski definition) is 2. The first-order valence-corrected chi connectivity index (χ1v) is 14.2. The highest BCUT2D eigenvalue weighted by atomic mass is 19.4. The first-order chi connectivity index (χ1) is 20.2. The molecule has 0 radical (unpaired) electrons. The van der Waals surface area contributed by atoms with Crippen LogP contribution >= 0.6 is 0 Å². The van der Waals surface area contributed by atoms with Crippen LogP contribution in [0.3, 0.4) is 0 Å². The number of halogens is 3. The molecule has 0 saturated carbocycles. The molecule has 1 fully saturated rings. The Morgan fingerprint density at radius 2 is 1.90 bits per heavy atom. The number of amides is 1. The molecule has 1 aliphatic heterocycles. The van der Waals surface area contributed by atoms with Crippen LogP contribution in [0.25, 0.3) is 11.2 Å². The fraction of sp³-hybridized carbons (Fsp3) is 0.387. The van der Waals surface area contributed by atoms with Gasteiger partial charge < -0.3 is 24.8 Å². The summed E-state index contributed by atoms with van der Waals surface area (Å²) < 4.78 is 43.5. The topological polar surface area (TPSA) is 84.3 Å². The number of hydrogen-bond acceptors (Lipinski definition) is 6. The Morgan fingerprint density at radius 1 is 1.14 bits per heavy atom. The van der Waals surface area contributed by atoms with Crippen molar-refractivity contribution in [2.24, 2.45) is 0 Å². The van der Waals surface area contributed by atoms with Gasteiger partial charge in [0.15, 0.2) is 5.65 Å². The predicted octanol–water partition coefficient (Wildman–Crippen LogP) is 5.38. The van der Waals surface area contributed by atoms with Gasteiger partial charge in [-0.05, 0) is 60.9 Å². The van der Waals surface area contributed by atoms with E-state index in [1.807, 2.05) is 17.6 Å². The van der Waals surface area contributed by atoms with E-state index >= 15 is 0 Å². The standard InChI is InChI=1S/C31H35F3N6O2/c1-3-24-20-39(18-17-35-24)25-10-8-23(9-11-25)21(2)37-29(41)15-14-28-38-27-5-4-16-36-30(27)40(28)19-22-6-12-26(13-7-22)42-31(32,33)34/h4-13,16,21,24,35H,3,14-15,17-20H2,1-2H3,(H,37,41)/t21-,24-/m0/s1. The number of anilines is 1. The van der Waals surface area contributed by atoms with Crippen molar-refractivity contribution in [2.75, 3.05) is 24.5 Å². The summed E-state index contributed by atoms with van der Waals surface area (Å²) in [6, 6.07) is 18.1. The fourth-order valence-corrected chi connectivity index (χ4v) is 5.27. The van der Waals surface area contributed by atoms with Crippen molar-refractivity contribution in [3.05, 3.63) is 83.8 Å². The summed E-state index contributed by atoms with van der Waals surface area (Å²) in [5.41, 5.74) is 4.30. The highest BCUT2D eigenvalue weighted by molar-refractivity contribution is 5.77. The van der Waals surface area contributed by atoms with Crippen molar-refractivity contribution in [3.63, 3.8) is 0 Å². The van der Waals surface area contributed by atoms with Gasteiger partial charge in [0.2, 0.25) is 5.91 Å². The molecule has 0 aliphatic carbocycles. The average molecular weight is 581 g/mol. The van der Waals surface area contributed by atoms with Crippen LogP contribution in [0.5, 0.6) is 5.75 Å². The van der Waals surface area contributed by atoms with Crippen LogP contribution in [0.15, 0.2) is 66.9 Å². The number of aryl methyl sites for hydroxylation is 1. The molecule has 1 saturated heterocycles. The number of aromatic nitrogens is 3. The Balaban J connectivity index is 1.21. The van der Waals surface area contributed by atoms with Crippen LogP contribution in [0.2, 0.25) is 0 Å². The molecule has 5 rings (SSSR count). The van der Waals surface area contributed by atoms with Crippen molar-refractivity contribution < 1.29 is 22.7 Å². The second kappa shape index (κ2) is 12.8. The van der Waals surface area contributed by atoms with E-state index in [0.29, 0.717) is 36.0 Å². The molecule has 1 aliphatic rings. The number of nitrogens with one attached hydrogen (secondary N) is 2. The van der Waals surface area contributed by atoms with E-state index in [4.69, 9.17) is 0 Å². The van der Waals surface area contributed by atoms with E-state index < -0.39 is 6.36 Å². The monoisotopic (exact) mass is 580 g/mol. The van der Waals surface area contributed by atoms with Crippen molar-refractivity contribution in [1.29, 1.82) is 0 Å². The van der Waals surface area contributed by atoms with E-state index in [1.54, 1.807) is 24.4 Å². The number of benzene rings is 2. The molecule has 3 heterocycles. The second-order valence-corrected chi connectivity index (χ2v) is 10.5. The lowest BCUT2D eigenvalue weighted by molar-refractivity contribution is -0.274. The first kappa shape index (κ1) is 29.4. The lowest BCUT2D eigenvalue weighted by Gasteiger charge is -2.35. The summed E-state index contributed by atoms with van der Waals surface area (Å²) in [4.78, 5) is 24.5. The molecule has 0 spiro atoms. The van der Waals surface area contributed by atoms with Gasteiger partial charge in [0, 0.05) is 50.4 Å². The van der Waals surface area contributed by atoms with Crippen molar-refractivity contribution >= 4 is 22.8 Å². The van der Waals surface area contributed by atoms with Gasteiger partial charge in [-0.25, -0.2) is 9.97 Å². The van der Waals surface area contributed by atoms with Crippen LogP contribution in [0.1, 0.15) is 49.7 Å². The van der Waals surface area contributed by atoms with Crippen LogP contribution in [-0.2, 0) is 17.8 Å². The summed E-state index contributed by atoms with van der Waals surface area (Å²) in [7, 11) is 0. The fourth-order valence-electron chi connectivity index (χ4n) is 5.27. The SMILES string of the molecule is CC[C@H]1CN(c2ccc([C@H](C)NC(=O)CCc3nc4cccnc4n3Cc3ccc(OC(F)(F)F)cc3)cc2)CCN1. The van der Waals surface area contributed by atoms with Gasteiger partial charge in [-0.1, -0.05) is 31.2 Å². The third kappa shape index (κ3) is 7.39. The zero-order valence-electron chi connectivity index (χ0n) is 23.7. The Labute approximate surface area is 242 Å². The van der Waals surface area contributed by atoms with Crippen LogP contribution in [-0.4, -0.2) is 52.5 Å². The molecule has 2 aromatic heterocycles. The number of alkyl halides is 3. The normalized spacial score (nSPS) is 16.4. The van der Waals surface area contributed by atoms with Crippen LogP contribution in [0.4, 0.5) is 18.9 Å². The zero-order valence-corrected chi connectivity index (χ0v) is 23.7. The van der Waals surface area contributed by atoms with Gasteiger partial charge in [-0.2, -0.15) is 0 Å². The molecule has 4 aromatic rings. The van der Waals surface area contributed by atoms with E-state index in [1.165, 1.54) is 17.8 Å². The summed E-state index contributed by atoms with van der Waals surface area (Å²) in [6.07, 6.45) is -1.38. The minimum atomic E-state index is -4.75. The summed E-state index contributed by atoms with van der Waals surface area (Å²) in [6.45, 7) is 7.43. The Hall–Kier alpha value is -4.12. The largest absolute Gasteiger partial charge is 0.573 e.